The number of phenolic OH excluding ortho intramolecular Hbond substituents is 1. The van der Waals surface area contributed by atoms with Crippen LogP contribution in [-0.4, -0.2) is 28.1 Å². The number of halogens is 1. The summed E-state index contributed by atoms with van der Waals surface area (Å²) in [6.07, 6.45) is 2.75. The van der Waals surface area contributed by atoms with E-state index in [4.69, 9.17) is 5.11 Å². The van der Waals surface area contributed by atoms with Gasteiger partial charge in [-0.25, -0.2) is 0 Å². The molecule has 2 unspecified atom stereocenters. The second-order valence-corrected chi connectivity index (χ2v) is 6.20. The van der Waals surface area contributed by atoms with Gasteiger partial charge in [0.2, 0.25) is 0 Å². The summed E-state index contributed by atoms with van der Waals surface area (Å²) < 4.78 is 0.683. The van der Waals surface area contributed by atoms with Crippen molar-refractivity contribution in [2.24, 2.45) is 5.92 Å². The molecule has 1 aromatic rings. The number of hydrogen-bond donors (Lipinski definition) is 3. The zero-order valence-electron chi connectivity index (χ0n) is 10.8. The van der Waals surface area contributed by atoms with Crippen molar-refractivity contribution in [3.63, 3.8) is 0 Å². The van der Waals surface area contributed by atoms with Crippen LogP contribution in [-0.2, 0) is 4.79 Å². The Morgan fingerprint density at radius 1 is 1.30 bits per heavy atom. The highest BCUT2D eigenvalue weighted by Crippen LogP contribution is 2.25. The predicted octanol–water partition coefficient (Wildman–Crippen LogP) is 2.37. The Balaban J connectivity index is 2.00. The van der Waals surface area contributed by atoms with Crippen LogP contribution in [0, 0.1) is 9.49 Å². The van der Waals surface area contributed by atoms with Crippen LogP contribution in [0.25, 0.3) is 0 Å². The number of phenols is 1. The van der Waals surface area contributed by atoms with E-state index in [9.17, 15) is 14.7 Å². The van der Waals surface area contributed by atoms with Gasteiger partial charge >= 0.3 is 5.97 Å². The fraction of sp³-hybridized carbons (Fsp3) is 0.429. The van der Waals surface area contributed by atoms with Gasteiger partial charge in [0.25, 0.3) is 5.91 Å². The number of aliphatic carboxylic acids is 1. The molecule has 0 spiro atoms. The lowest BCUT2D eigenvalue weighted by Gasteiger charge is -2.27. The van der Waals surface area contributed by atoms with E-state index in [-0.39, 0.29) is 23.6 Å². The molecule has 1 aliphatic rings. The molecule has 0 radical (unpaired) electrons. The minimum absolute atomic E-state index is 0.0744. The van der Waals surface area contributed by atoms with Crippen LogP contribution in [0.4, 0.5) is 0 Å². The molecule has 0 bridgehead atoms. The highest BCUT2D eigenvalue weighted by atomic mass is 127. The summed E-state index contributed by atoms with van der Waals surface area (Å²) in [6, 6.07) is 4.63. The van der Waals surface area contributed by atoms with Crippen molar-refractivity contribution in [3.8, 4) is 5.75 Å². The maximum absolute atomic E-state index is 12.1. The number of carbonyl (C=O) groups excluding carboxylic acids is 1. The maximum Gasteiger partial charge on any atom is 0.306 e. The van der Waals surface area contributed by atoms with Crippen LogP contribution in [0.1, 0.15) is 36.0 Å². The molecule has 0 aliphatic heterocycles. The van der Waals surface area contributed by atoms with Crippen LogP contribution in [0.5, 0.6) is 5.75 Å². The van der Waals surface area contributed by atoms with Gasteiger partial charge in [-0.1, -0.05) is 6.42 Å². The SMILES string of the molecule is O=C(NC1CCCC(C(=O)O)C1)c1ccc(I)c(O)c1. The van der Waals surface area contributed by atoms with E-state index in [0.717, 1.165) is 12.8 Å². The third-order valence-electron chi connectivity index (χ3n) is 3.57. The molecule has 108 valence electrons. The molecule has 1 fully saturated rings. The Morgan fingerprint density at radius 2 is 2.05 bits per heavy atom. The van der Waals surface area contributed by atoms with E-state index in [1.807, 2.05) is 22.6 Å². The Bertz CT molecular complexity index is 532. The van der Waals surface area contributed by atoms with Crippen molar-refractivity contribution >= 4 is 34.5 Å². The number of nitrogens with one attached hydrogen (secondary N) is 1. The van der Waals surface area contributed by atoms with Gasteiger partial charge in [-0.3, -0.25) is 9.59 Å². The summed E-state index contributed by atoms with van der Waals surface area (Å²) in [5.41, 5.74) is 0.389. The van der Waals surface area contributed by atoms with Gasteiger partial charge in [0.05, 0.1) is 9.49 Å². The number of aromatic hydroxyl groups is 1. The van der Waals surface area contributed by atoms with E-state index in [2.05, 4.69) is 5.32 Å². The smallest absolute Gasteiger partial charge is 0.306 e. The third kappa shape index (κ3) is 3.62. The first-order valence-electron chi connectivity index (χ1n) is 6.49. The monoisotopic (exact) mass is 389 g/mol. The molecule has 1 saturated carbocycles. The highest BCUT2D eigenvalue weighted by molar-refractivity contribution is 14.1. The van der Waals surface area contributed by atoms with E-state index in [1.165, 1.54) is 6.07 Å². The first-order valence-corrected chi connectivity index (χ1v) is 7.57. The average molecular weight is 389 g/mol. The molecule has 2 rings (SSSR count). The topological polar surface area (TPSA) is 86.6 Å². The van der Waals surface area contributed by atoms with Crippen molar-refractivity contribution in [3.05, 3.63) is 27.3 Å². The van der Waals surface area contributed by atoms with E-state index < -0.39 is 5.97 Å². The molecule has 0 heterocycles. The predicted molar refractivity (Wildman–Crippen MR) is 81.7 cm³/mol. The van der Waals surface area contributed by atoms with Gasteiger partial charge in [0.15, 0.2) is 0 Å². The molecule has 5 nitrogen and oxygen atoms in total. The summed E-state index contributed by atoms with van der Waals surface area (Å²) in [6.45, 7) is 0. The quantitative estimate of drug-likeness (QED) is 0.693. The molecular formula is C14H16INO4. The molecule has 20 heavy (non-hydrogen) atoms. The molecule has 2 atom stereocenters. The molecule has 0 aromatic heterocycles. The Labute approximate surface area is 130 Å². The summed E-state index contributed by atoms with van der Waals surface area (Å²) >= 11 is 1.98. The highest BCUT2D eigenvalue weighted by Gasteiger charge is 2.28. The summed E-state index contributed by atoms with van der Waals surface area (Å²) in [5.74, 6) is -1.37. The fourth-order valence-electron chi connectivity index (χ4n) is 2.47. The van der Waals surface area contributed by atoms with E-state index in [1.54, 1.807) is 12.1 Å². The number of carboxylic acids is 1. The second-order valence-electron chi connectivity index (χ2n) is 5.04. The van der Waals surface area contributed by atoms with Crippen molar-refractivity contribution in [2.75, 3.05) is 0 Å². The molecular weight excluding hydrogens is 373 g/mol. The van der Waals surface area contributed by atoms with Gasteiger partial charge in [-0.15, -0.1) is 0 Å². The van der Waals surface area contributed by atoms with Gasteiger partial charge in [0, 0.05) is 11.6 Å². The summed E-state index contributed by atoms with van der Waals surface area (Å²) in [5, 5.41) is 21.5. The minimum Gasteiger partial charge on any atom is -0.507 e. The Hall–Kier alpha value is -1.31. The van der Waals surface area contributed by atoms with Crippen molar-refractivity contribution < 1.29 is 19.8 Å². The number of rotatable bonds is 3. The van der Waals surface area contributed by atoms with Crippen LogP contribution in [0.2, 0.25) is 0 Å². The minimum atomic E-state index is -0.796. The fourth-order valence-corrected chi connectivity index (χ4v) is 2.80. The molecule has 1 amide bonds. The lowest BCUT2D eigenvalue weighted by atomic mass is 9.85. The van der Waals surface area contributed by atoms with Crippen LogP contribution in [0.3, 0.4) is 0 Å². The third-order valence-corrected chi connectivity index (χ3v) is 4.48. The number of carbonyl (C=O) groups is 2. The summed E-state index contributed by atoms with van der Waals surface area (Å²) in [7, 11) is 0. The summed E-state index contributed by atoms with van der Waals surface area (Å²) in [4.78, 5) is 23.1. The van der Waals surface area contributed by atoms with E-state index >= 15 is 0 Å². The largest absolute Gasteiger partial charge is 0.507 e. The standard InChI is InChI=1S/C14H16INO4/c15-11-5-4-8(7-12(11)17)13(18)16-10-3-1-2-9(6-10)14(19)20/h4-5,7,9-10,17H,1-3,6H2,(H,16,18)(H,19,20). The average Bonchev–Trinajstić information content (AvgIpc) is 2.42. The molecule has 6 heteroatoms. The van der Waals surface area contributed by atoms with Crippen molar-refractivity contribution in [1.29, 1.82) is 0 Å². The second kappa shape index (κ2) is 6.43. The van der Waals surface area contributed by atoms with Crippen LogP contribution < -0.4 is 5.32 Å². The zero-order valence-corrected chi connectivity index (χ0v) is 13.0. The van der Waals surface area contributed by atoms with Gasteiger partial charge < -0.3 is 15.5 Å². The van der Waals surface area contributed by atoms with E-state index in [0.29, 0.717) is 22.0 Å². The normalized spacial score (nSPS) is 22.2. The Morgan fingerprint density at radius 3 is 2.70 bits per heavy atom. The number of carboxylic acid groups (broad SMARTS) is 1. The van der Waals surface area contributed by atoms with Gasteiger partial charge in [-0.05, 0) is 60.1 Å². The Kier molecular flexibility index (Phi) is 4.85. The molecule has 0 saturated heterocycles. The lowest BCUT2D eigenvalue weighted by molar-refractivity contribution is -0.143. The number of benzene rings is 1. The van der Waals surface area contributed by atoms with Crippen LogP contribution in [0.15, 0.2) is 18.2 Å². The maximum atomic E-state index is 12.1. The zero-order chi connectivity index (χ0) is 14.7. The van der Waals surface area contributed by atoms with Gasteiger partial charge in [0.1, 0.15) is 5.75 Å². The first kappa shape index (κ1) is 15.1. The van der Waals surface area contributed by atoms with Crippen molar-refractivity contribution in [2.45, 2.75) is 31.7 Å². The molecule has 3 N–H and O–H groups in total. The lowest BCUT2D eigenvalue weighted by Crippen LogP contribution is -2.39. The number of amides is 1. The van der Waals surface area contributed by atoms with Crippen molar-refractivity contribution in [1.82, 2.24) is 5.32 Å². The van der Waals surface area contributed by atoms with Gasteiger partial charge in [-0.2, -0.15) is 0 Å². The molecule has 1 aliphatic carbocycles. The molecule has 1 aromatic carbocycles. The number of hydrogen-bond acceptors (Lipinski definition) is 3. The first-order chi connectivity index (χ1) is 9.47. The van der Waals surface area contributed by atoms with Crippen LogP contribution >= 0.6 is 22.6 Å².